The molecule has 0 unspecified atom stereocenters. The number of hydrogen-bond acceptors (Lipinski definition) is 4. The lowest BCUT2D eigenvalue weighted by atomic mass is 10.00. The Balaban J connectivity index is 1.26. The van der Waals surface area contributed by atoms with Gasteiger partial charge in [0, 0.05) is 50.2 Å². The summed E-state index contributed by atoms with van der Waals surface area (Å²) >= 11 is 1.66. The highest BCUT2D eigenvalue weighted by molar-refractivity contribution is 7.14. The largest absolute Gasteiger partial charge is 0.350 e. The molecule has 0 fully saturated rings. The van der Waals surface area contributed by atoms with Crippen molar-refractivity contribution in [3.8, 4) is 0 Å². The van der Waals surface area contributed by atoms with Crippen LogP contribution in [0.2, 0.25) is 0 Å². The van der Waals surface area contributed by atoms with Crippen molar-refractivity contribution in [3.63, 3.8) is 0 Å². The first-order valence-electron chi connectivity index (χ1n) is 9.53. The number of benzene rings is 1. The molecule has 2 aliphatic rings. The summed E-state index contributed by atoms with van der Waals surface area (Å²) in [5.41, 5.74) is 4.23. The van der Waals surface area contributed by atoms with Crippen molar-refractivity contribution >= 4 is 17.2 Å². The van der Waals surface area contributed by atoms with Gasteiger partial charge in [-0.2, -0.15) is 0 Å². The molecule has 1 aromatic heterocycles. The van der Waals surface area contributed by atoms with Crippen molar-refractivity contribution in [2.24, 2.45) is 0 Å². The third-order valence-electron chi connectivity index (χ3n) is 5.49. The molecule has 0 bridgehead atoms. The van der Waals surface area contributed by atoms with Crippen LogP contribution in [0.3, 0.4) is 0 Å². The first-order chi connectivity index (χ1) is 12.6. The van der Waals surface area contributed by atoms with Crippen LogP contribution in [0.1, 0.15) is 45.1 Å². The fourth-order valence-electron chi connectivity index (χ4n) is 3.83. The Hall–Kier alpha value is -1.69. The normalized spacial score (nSPS) is 17.3. The van der Waals surface area contributed by atoms with Gasteiger partial charge in [-0.15, -0.1) is 11.3 Å². The molecule has 0 aliphatic carbocycles. The summed E-state index contributed by atoms with van der Waals surface area (Å²) in [5, 5.41) is 3.11. The van der Waals surface area contributed by atoms with Crippen LogP contribution in [0.5, 0.6) is 0 Å². The Kier molecular flexibility index (Phi) is 5.11. The Morgan fingerprint density at radius 1 is 1.15 bits per heavy atom. The van der Waals surface area contributed by atoms with Gasteiger partial charge in [-0.05, 0) is 43.0 Å². The maximum atomic E-state index is 12.5. The molecule has 1 aromatic carbocycles. The number of rotatable bonds is 5. The molecule has 4 nitrogen and oxygen atoms in total. The first-order valence-corrected chi connectivity index (χ1v) is 10.3. The minimum Gasteiger partial charge on any atom is -0.350 e. The number of carbonyl (C=O) groups is 1. The van der Waals surface area contributed by atoms with Gasteiger partial charge in [0.15, 0.2) is 0 Å². The Morgan fingerprint density at radius 2 is 1.96 bits per heavy atom. The topological polar surface area (TPSA) is 35.6 Å². The molecule has 0 saturated carbocycles. The Labute approximate surface area is 159 Å². The third kappa shape index (κ3) is 3.70. The van der Waals surface area contributed by atoms with Crippen LogP contribution in [-0.4, -0.2) is 41.4 Å². The molecule has 0 saturated heterocycles. The minimum atomic E-state index is 0.0814. The van der Waals surface area contributed by atoms with E-state index >= 15 is 0 Å². The minimum absolute atomic E-state index is 0.0814. The van der Waals surface area contributed by atoms with Gasteiger partial charge < -0.3 is 5.32 Å². The van der Waals surface area contributed by atoms with E-state index in [1.165, 1.54) is 21.6 Å². The second-order valence-electron chi connectivity index (χ2n) is 7.61. The average Bonchev–Trinajstić information content (AvgIpc) is 3.21. The molecule has 2 aromatic rings. The Morgan fingerprint density at radius 3 is 2.73 bits per heavy atom. The van der Waals surface area contributed by atoms with Gasteiger partial charge in [-0.25, -0.2) is 0 Å². The summed E-state index contributed by atoms with van der Waals surface area (Å²) in [6, 6.07) is 11.3. The van der Waals surface area contributed by atoms with E-state index in [1.54, 1.807) is 11.3 Å². The molecule has 4 rings (SSSR count). The third-order valence-corrected chi connectivity index (χ3v) is 6.66. The predicted molar refractivity (Wildman–Crippen MR) is 106 cm³/mol. The molecule has 138 valence electrons. The van der Waals surface area contributed by atoms with Crippen molar-refractivity contribution in [2.75, 3.05) is 19.6 Å². The lowest BCUT2D eigenvalue weighted by Gasteiger charge is -2.28. The van der Waals surface area contributed by atoms with Crippen LogP contribution in [0.25, 0.3) is 0 Å². The van der Waals surface area contributed by atoms with Gasteiger partial charge in [0.2, 0.25) is 0 Å². The summed E-state index contributed by atoms with van der Waals surface area (Å²) in [6.45, 7) is 10.1. The summed E-state index contributed by atoms with van der Waals surface area (Å²) in [6.07, 6.45) is 1.11. The van der Waals surface area contributed by atoms with Gasteiger partial charge >= 0.3 is 0 Å². The van der Waals surface area contributed by atoms with Gasteiger partial charge in [-0.3, -0.25) is 14.6 Å². The van der Waals surface area contributed by atoms with Crippen LogP contribution >= 0.6 is 11.3 Å². The van der Waals surface area contributed by atoms with Crippen LogP contribution < -0.4 is 5.32 Å². The highest BCUT2D eigenvalue weighted by atomic mass is 32.1. The van der Waals surface area contributed by atoms with Gasteiger partial charge in [-0.1, -0.05) is 24.3 Å². The van der Waals surface area contributed by atoms with Crippen LogP contribution in [0.15, 0.2) is 30.3 Å². The van der Waals surface area contributed by atoms with E-state index in [2.05, 4.69) is 59.3 Å². The van der Waals surface area contributed by atoms with Crippen LogP contribution in [-0.2, 0) is 26.1 Å². The highest BCUT2D eigenvalue weighted by Crippen LogP contribution is 2.32. The maximum absolute atomic E-state index is 12.5. The van der Waals surface area contributed by atoms with Crippen molar-refractivity contribution < 1.29 is 4.79 Å². The van der Waals surface area contributed by atoms with E-state index in [4.69, 9.17) is 0 Å². The van der Waals surface area contributed by atoms with E-state index in [9.17, 15) is 4.79 Å². The highest BCUT2D eigenvalue weighted by Gasteiger charge is 2.25. The fraction of sp³-hybridized carbons (Fsp3) is 0.476. The second-order valence-corrected chi connectivity index (χ2v) is 8.75. The molecule has 0 atom stereocenters. The van der Waals surface area contributed by atoms with E-state index in [-0.39, 0.29) is 5.91 Å². The van der Waals surface area contributed by atoms with Gasteiger partial charge in [0.1, 0.15) is 0 Å². The fourth-order valence-corrected chi connectivity index (χ4v) is 4.95. The van der Waals surface area contributed by atoms with Crippen LogP contribution in [0, 0.1) is 0 Å². The smallest absolute Gasteiger partial charge is 0.261 e. The van der Waals surface area contributed by atoms with Crippen molar-refractivity contribution in [1.29, 1.82) is 0 Å². The predicted octanol–water partition coefficient (Wildman–Crippen LogP) is 3.26. The lowest BCUT2D eigenvalue weighted by molar-refractivity contribution is 0.0951. The summed E-state index contributed by atoms with van der Waals surface area (Å²) in [7, 11) is 0. The number of fused-ring (bicyclic) bond motifs is 2. The van der Waals surface area contributed by atoms with E-state index in [1.807, 2.05) is 0 Å². The molecule has 5 heteroatoms. The SMILES string of the molecule is CC(C)N1Cc2cc(C(=O)NCCN3CCc4ccccc4C3)sc2C1. The van der Waals surface area contributed by atoms with Crippen molar-refractivity contribution in [3.05, 3.63) is 56.8 Å². The number of hydrogen-bond donors (Lipinski definition) is 1. The lowest BCUT2D eigenvalue weighted by Crippen LogP contribution is -2.37. The summed E-state index contributed by atoms with van der Waals surface area (Å²) < 4.78 is 0. The van der Waals surface area contributed by atoms with Gasteiger partial charge in [0.25, 0.3) is 5.91 Å². The van der Waals surface area contributed by atoms with Crippen molar-refractivity contribution in [2.45, 2.75) is 45.9 Å². The van der Waals surface area contributed by atoms with E-state index < -0.39 is 0 Å². The first kappa shape index (κ1) is 17.7. The number of carbonyl (C=O) groups excluding carboxylic acids is 1. The molecule has 0 spiro atoms. The average molecular weight is 370 g/mol. The zero-order chi connectivity index (χ0) is 18.1. The van der Waals surface area contributed by atoms with Crippen molar-refractivity contribution in [1.82, 2.24) is 15.1 Å². The van der Waals surface area contributed by atoms with Gasteiger partial charge in [0.05, 0.1) is 4.88 Å². The second kappa shape index (κ2) is 7.51. The number of nitrogens with zero attached hydrogens (tertiary/aromatic N) is 2. The zero-order valence-electron chi connectivity index (χ0n) is 15.6. The molecule has 0 radical (unpaired) electrons. The molecular formula is C21H27N3OS. The standard InChI is InChI=1S/C21H27N3OS/c1-15(2)24-13-18-11-19(26-20(18)14-24)21(25)22-8-10-23-9-7-16-5-3-4-6-17(16)12-23/h3-6,11,15H,7-10,12-14H2,1-2H3,(H,22,25). The Bertz CT molecular complexity index is 775. The number of thiophene rings is 1. The van der Waals surface area contributed by atoms with E-state index in [0.29, 0.717) is 12.6 Å². The molecular weight excluding hydrogens is 342 g/mol. The summed E-state index contributed by atoms with van der Waals surface area (Å²) in [5.74, 6) is 0.0814. The quantitative estimate of drug-likeness (QED) is 0.879. The molecule has 2 aliphatic heterocycles. The molecule has 3 heterocycles. The summed E-state index contributed by atoms with van der Waals surface area (Å²) in [4.78, 5) is 19.6. The van der Waals surface area contributed by atoms with E-state index in [0.717, 1.165) is 44.0 Å². The van der Waals surface area contributed by atoms with Crippen LogP contribution in [0.4, 0.5) is 0 Å². The molecule has 26 heavy (non-hydrogen) atoms. The zero-order valence-corrected chi connectivity index (χ0v) is 16.4. The maximum Gasteiger partial charge on any atom is 0.261 e. The number of nitrogens with one attached hydrogen (secondary N) is 1. The molecule has 1 amide bonds. The monoisotopic (exact) mass is 369 g/mol. The molecule has 1 N–H and O–H groups in total. The number of amides is 1.